The average molecular weight is 282 g/mol. The molecule has 0 aliphatic rings. The van der Waals surface area contributed by atoms with E-state index in [0.717, 1.165) is 28.2 Å². The molecule has 0 radical (unpaired) electrons. The van der Waals surface area contributed by atoms with Crippen molar-refractivity contribution in [2.75, 3.05) is 13.7 Å². The molecule has 0 fully saturated rings. The molecule has 0 aromatic heterocycles. The fraction of sp³-hybridized carbons (Fsp3) is 0.222. The minimum absolute atomic E-state index is 0.163. The number of hydrogen-bond donors (Lipinski definition) is 1. The molecule has 3 nitrogen and oxygen atoms in total. The average Bonchev–Trinajstić information content (AvgIpc) is 2.52. The molecule has 2 aromatic carbocycles. The van der Waals surface area contributed by atoms with E-state index in [1.54, 1.807) is 7.11 Å². The zero-order valence-corrected chi connectivity index (χ0v) is 12.2. The summed E-state index contributed by atoms with van der Waals surface area (Å²) >= 11 is 0. The van der Waals surface area contributed by atoms with Crippen molar-refractivity contribution >= 4 is 0 Å². The number of aliphatic hydroxyl groups excluding tert-OH is 1. The van der Waals surface area contributed by atoms with E-state index in [2.05, 4.69) is 11.8 Å². The van der Waals surface area contributed by atoms with Crippen LogP contribution in [0, 0.1) is 18.8 Å². The predicted molar refractivity (Wildman–Crippen MR) is 82.5 cm³/mol. The molecule has 0 unspecified atom stereocenters. The van der Waals surface area contributed by atoms with E-state index in [9.17, 15) is 0 Å². The van der Waals surface area contributed by atoms with Crippen LogP contribution in [0.3, 0.4) is 0 Å². The molecule has 0 bridgehead atoms. The summed E-state index contributed by atoms with van der Waals surface area (Å²) in [5, 5.41) is 8.83. The van der Waals surface area contributed by atoms with E-state index in [0.29, 0.717) is 6.61 Å². The van der Waals surface area contributed by atoms with Gasteiger partial charge in [-0.05, 0) is 36.8 Å². The summed E-state index contributed by atoms with van der Waals surface area (Å²) in [6, 6.07) is 13.5. The molecule has 0 spiro atoms. The number of aliphatic hydroxyl groups is 1. The van der Waals surface area contributed by atoms with Crippen LogP contribution >= 0.6 is 0 Å². The van der Waals surface area contributed by atoms with Gasteiger partial charge in [-0.3, -0.25) is 0 Å². The Kier molecular flexibility index (Phi) is 5.25. The highest BCUT2D eigenvalue weighted by Crippen LogP contribution is 2.21. The molecule has 3 heteroatoms. The first-order valence-electron chi connectivity index (χ1n) is 6.69. The maximum Gasteiger partial charge on any atom is 0.122 e. The lowest BCUT2D eigenvalue weighted by Gasteiger charge is -2.11. The smallest absolute Gasteiger partial charge is 0.122 e. The SMILES string of the molecule is COc1ccc(C#CCO)c(COc2ccccc2C)c1. The zero-order valence-electron chi connectivity index (χ0n) is 12.2. The molecule has 2 aromatic rings. The van der Waals surface area contributed by atoms with Crippen LogP contribution in [0.25, 0.3) is 0 Å². The van der Waals surface area contributed by atoms with Crippen molar-refractivity contribution in [1.82, 2.24) is 0 Å². The number of methoxy groups -OCH3 is 1. The van der Waals surface area contributed by atoms with Crippen LogP contribution < -0.4 is 9.47 Å². The Morgan fingerprint density at radius 3 is 2.67 bits per heavy atom. The zero-order chi connectivity index (χ0) is 15.1. The second kappa shape index (κ2) is 7.37. The molecule has 0 saturated heterocycles. The van der Waals surface area contributed by atoms with Gasteiger partial charge in [-0.25, -0.2) is 0 Å². The second-order valence-corrected chi connectivity index (χ2v) is 4.54. The maximum absolute atomic E-state index is 8.83. The van der Waals surface area contributed by atoms with Crippen molar-refractivity contribution in [3.05, 3.63) is 59.2 Å². The van der Waals surface area contributed by atoms with Crippen LogP contribution in [0.4, 0.5) is 0 Å². The topological polar surface area (TPSA) is 38.7 Å². The van der Waals surface area contributed by atoms with E-state index in [-0.39, 0.29) is 6.61 Å². The van der Waals surface area contributed by atoms with Gasteiger partial charge in [0.1, 0.15) is 24.7 Å². The first-order chi connectivity index (χ1) is 10.2. The fourth-order valence-electron chi connectivity index (χ4n) is 1.95. The highest BCUT2D eigenvalue weighted by Gasteiger charge is 2.05. The van der Waals surface area contributed by atoms with Crippen molar-refractivity contribution in [1.29, 1.82) is 0 Å². The standard InChI is InChI=1S/C18H18O3/c1-14-6-3-4-8-18(14)21-13-16-12-17(20-2)10-9-15(16)7-5-11-19/h3-4,6,8-10,12,19H,11,13H2,1-2H3. The molecule has 0 saturated carbocycles. The number of ether oxygens (including phenoxy) is 2. The molecule has 108 valence electrons. The quantitative estimate of drug-likeness (QED) is 0.876. The highest BCUT2D eigenvalue weighted by atomic mass is 16.5. The minimum atomic E-state index is -0.163. The number of aryl methyl sites for hydroxylation is 1. The molecule has 21 heavy (non-hydrogen) atoms. The molecule has 0 aliphatic heterocycles. The van der Waals surface area contributed by atoms with Gasteiger partial charge in [0.05, 0.1) is 7.11 Å². The van der Waals surface area contributed by atoms with Crippen LogP contribution in [0.15, 0.2) is 42.5 Å². The van der Waals surface area contributed by atoms with E-state index >= 15 is 0 Å². The van der Waals surface area contributed by atoms with Crippen LogP contribution in [-0.4, -0.2) is 18.8 Å². The lowest BCUT2D eigenvalue weighted by atomic mass is 10.1. The Balaban J connectivity index is 2.23. The summed E-state index contributed by atoms with van der Waals surface area (Å²) in [7, 11) is 1.63. The Labute approximate surface area is 125 Å². The van der Waals surface area contributed by atoms with Crippen molar-refractivity contribution in [3.8, 4) is 23.3 Å². The third-order valence-corrected chi connectivity index (χ3v) is 3.09. The lowest BCUT2D eigenvalue weighted by Crippen LogP contribution is -2.00. The van der Waals surface area contributed by atoms with Gasteiger partial charge in [-0.2, -0.15) is 0 Å². The highest BCUT2D eigenvalue weighted by molar-refractivity contribution is 5.45. The van der Waals surface area contributed by atoms with Gasteiger partial charge in [-0.1, -0.05) is 30.0 Å². The van der Waals surface area contributed by atoms with Crippen LogP contribution in [-0.2, 0) is 6.61 Å². The number of rotatable bonds is 4. The largest absolute Gasteiger partial charge is 0.497 e. The van der Waals surface area contributed by atoms with Gasteiger partial charge in [0.25, 0.3) is 0 Å². The predicted octanol–water partition coefficient (Wildman–Crippen LogP) is 2.93. The normalized spacial score (nSPS) is 9.67. The molecule has 0 heterocycles. The monoisotopic (exact) mass is 282 g/mol. The summed E-state index contributed by atoms with van der Waals surface area (Å²) in [6.45, 7) is 2.25. The summed E-state index contributed by atoms with van der Waals surface area (Å²) < 4.78 is 11.1. The summed E-state index contributed by atoms with van der Waals surface area (Å²) in [6.07, 6.45) is 0. The fourth-order valence-corrected chi connectivity index (χ4v) is 1.95. The molecule has 2 rings (SSSR count). The first-order valence-corrected chi connectivity index (χ1v) is 6.69. The van der Waals surface area contributed by atoms with E-state index in [1.165, 1.54) is 0 Å². The van der Waals surface area contributed by atoms with Gasteiger partial charge in [0.15, 0.2) is 0 Å². The van der Waals surface area contributed by atoms with Gasteiger partial charge in [0, 0.05) is 11.1 Å². The van der Waals surface area contributed by atoms with Gasteiger partial charge in [-0.15, -0.1) is 0 Å². The number of para-hydroxylation sites is 1. The Morgan fingerprint density at radius 2 is 1.95 bits per heavy atom. The summed E-state index contributed by atoms with van der Waals surface area (Å²) in [5.74, 6) is 7.20. The van der Waals surface area contributed by atoms with Crippen LogP contribution in [0.2, 0.25) is 0 Å². The van der Waals surface area contributed by atoms with Crippen molar-refractivity contribution in [2.24, 2.45) is 0 Å². The lowest BCUT2D eigenvalue weighted by molar-refractivity contribution is 0.303. The minimum Gasteiger partial charge on any atom is -0.497 e. The van der Waals surface area contributed by atoms with Crippen molar-refractivity contribution in [2.45, 2.75) is 13.5 Å². The van der Waals surface area contributed by atoms with E-state index < -0.39 is 0 Å². The maximum atomic E-state index is 8.83. The third-order valence-electron chi connectivity index (χ3n) is 3.09. The first kappa shape index (κ1) is 15.0. The van der Waals surface area contributed by atoms with E-state index in [4.69, 9.17) is 14.6 Å². The molecule has 0 aliphatic carbocycles. The number of benzene rings is 2. The van der Waals surface area contributed by atoms with Crippen LogP contribution in [0.1, 0.15) is 16.7 Å². The van der Waals surface area contributed by atoms with E-state index in [1.807, 2.05) is 49.4 Å². The van der Waals surface area contributed by atoms with Gasteiger partial charge >= 0.3 is 0 Å². The molecule has 1 N–H and O–H groups in total. The van der Waals surface area contributed by atoms with Gasteiger partial charge in [0.2, 0.25) is 0 Å². The Bertz CT molecular complexity index is 666. The van der Waals surface area contributed by atoms with Crippen molar-refractivity contribution in [3.63, 3.8) is 0 Å². The molecular weight excluding hydrogens is 264 g/mol. The summed E-state index contributed by atoms with van der Waals surface area (Å²) in [4.78, 5) is 0. The molecular formula is C18H18O3. The third kappa shape index (κ3) is 4.01. The Hall–Kier alpha value is -2.44. The summed E-state index contributed by atoms with van der Waals surface area (Å²) in [5.41, 5.74) is 2.85. The molecule has 0 amide bonds. The number of hydrogen-bond acceptors (Lipinski definition) is 3. The Morgan fingerprint density at radius 1 is 1.14 bits per heavy atom. The van der Waals surface area contributed by atoms with Crippen LogP contribution in [0.5, 0.6) is 11.5 Å². The van der Waals surface area contributed by atoms with Crippen molar-refractivity contribution < 1.29 is 14.6 Å². The second-order valence-electron chi connectivity index (χ2n) is 4.54. The van der Waals surface area contributed by atoms with Gasteiger partial charge < -0.3 is 14.6 Å². The molecule has 0 atom stereocenters.